The standard InChI is InChI=1S/C24H24Br6O6S/c1-3-5-33-12-15(26)13-35-23-19(27)7-17(8-20(23)28)37(31,32)18-9-21(29)24(22(30)10-18)36-14-16(11-25)34-6-4-2/h3-4,7-10,15-16H,1-2,5-6,11-14H2. The summed E-state index contributed by atoms with van der Waals surface area (Å²) in [4.78, 5) is 0.127. The number of sulfone groups is 1. The number of ether oxygens (including phenoxy) is 4. The predicted octanol–water partition coefficient (Wildman–Crippen LogP) is 8.26. The molecule has 6 nitrogen and oxygen atoms in total. The summed E-state index contributed by atoms with van der Waals surface area (Å²) >= 11 is 20.6. The van der Waals surface area contributed by atoms with Gasteiger partial charge in [0.15, 0.2) is 0 Å². The number of benzene rings is 2. The summed E-state index contributed by atoms with van der Waals surface area (Å²) < 4.78 is 51.7. The highest BCUT2D eigenvalue weighted by Gasteiger charge is 2.24. The van der Waals surface area contributed by atoms with Crippen molar-refractivity contribution in [1.82, 2.24) is 0 Å². The van der Waals surface area contributed by atoms with Crippen molar-refractivity contribution in [1.29, 1.82) is 0 Å². The first-order valence-electron chi connectivity index (χ1n) is 10.6. The lowest BCUT2D eigenvalue weighted by atomic mass is 10.3. The van der Waals surface area contributed by atoms with Crippen LogP contribution in [0.3, 0.4) is 0 Å². The van der Waals surface area contributed by atoms with Crippen LogP contribution in [-0.4, -0.2) is 57.7 Å². The maximum Gasteiger partial charge on any atom is 0.206 e. The van der Waals surface area contributed by atoms with Crippen LogP contribution in [-0.2, 0) is 19.3 Å². The fourth-order valence-electron chi connectivity index (χ4n) is 2.81. The predicted molar refractivity (Wildman–Crippen MR) is 168 cm³/mol. The lowest BCUT2D eigenvalue weighted by Gasteiger charge is -2.18. The van der Waals surface area contributed by atoms with Crippen molar-refractivity contribution >= 4 is 105 Å². The lowest BCUT2D eigenvalue weighted by molar-refractivity contribution is 0.0529. The molecule has 37 heavy (non-hydrogen) atoms. The summed E-state index contributed by atoms with van der Waals surface area (Å²) in [6, 6.07) is 6.04. The van der Waals surface area contributed by atoms with Gasteiger partial charge in [-0.1, -0.05) is 44.0 Å². The van der Waals surface area contributed by atoms with E-state index in [2.05, 4.69) is 109 Å². The summed E-state index contributed by atoms with van der Waals surface area (Å²) in [5.74, 6) is 0.956. The Labute approximate surface area is 268 Å². The molecule has 0 bridgehead atoms. The maximum atomic E-state index is 13.5. The van der Waals surface area contributed by atoms with Gasteiger partial charge in [-0.25, -0.2) is 8.42 Å². The van der Waals surface area contributed by atoms with Gasteiger partial charge in [0.05, 0.1) is 52.3 Å². The average molecular weight is 920 g/mol. The summed E-state index contributed by atoms with van der Waals surface area (Å²) in [5.41, 5.74) is 0. The van der Waals surface area contributed by atoms with E-state index in [1.807, 2.05) is 0 Å². The van der Waals surface area contributed by atoms with Gasteiger partial charge in [-0.15, -0.1) is 13.2 Å². The Morgan fingerprint density at radius 3 is 1.68 bits per heavy atom. The molecular weight excluding hydrogens is 896 g/mol. The Hall–Kier alpha value is 0.270. The van der Waals surface area contributed by atoms with Gasteiger partial charge in [0, 0.05) is 5.33 Å². The van der Waals surface area contributed by atoms with E-state index in [1.54, 1.807) is 12.2 Å². The molecule has 0 fully saturated rings. The molecule has 2 aromatic carbocycles. The fraction of sp³-hybridized carbons (Fsp3) is 0.333. The van der Waals surface area contributed by atoms with Crippen LogP contribution in [0.5, 0.6) is 11.5 Å². The second-order valence-electron chi connectivity index (χ2n) is 7.38. The van der Waals surface area contributed by atoms with Crippen molar-refractivity contribution in [3.63, 3.8) is 0 Å². The van der Waals surface area contributed by atoms with E-state index in [0.29, 0.717) is 61.1 Å². The van der Waals surface area contributed by atoms with Gasteiger partial charge in [0.2, 0.25) is 9.84 Å². The maximum absolute atomic E-state index is 13.5. The van der Waals surface area contributed by atoms with Gasteiger partial charge in [-0.2, -0.15) is 0 Å². The van der Waals surface area contributed by atoms with E-state index < -0.39 is 9.84 Å². The molecule has 204 valence electrons. The zero-order valence-electron chi connectivity index (χ0n) is 19.4. The van der Waals surface area contributed by atoms with Crippen LogP contribution in [0.15, 0.2) is 77.3 Å². The molecular formula is C24H24Br6O6S. The molecule has 0 saturated heterocycles. The molecule has 0 N–H and O–H groups in total. The van der Waals surface area contributed by atoms with Gasteiger partial charge in [0.1, 0.15) is 30.8 Å². The first kappa shape index (κ1) is 33.5. The molecule has 0 spiro atoms. The van der Waals surface area contributed by atoms with Crippen LogP contribution in [0.1, 0.15) is 0 Å². The normalized spacial score (nSPS) is 13.1. The number of alkyl halides is 2. The lowest BCUT2D eigenvalue weighted by Crippen LogP contribution is -2.23. The number of hydrogen-bond acceptors (Lipinski definition) is 6. The smallest absolute Gasteiger partial charge is 0.206 e. The molecule has 0 heterocycles. The SMILES string of the molecule is C=CCOCC(Br)COc1c(Br)cc(S(=O)(=O)c2cc(Br)c(OCC(CBr)OCC=C)c(Br)c2)cc1Br. The van der Waals surface area contributed by atoms with E-state index in [1.165, 1.54) is 24.3 Å². The molecule has 0 radical (unpaired) electrons. The Morgan fingerprint density at radius 1 is 0.784 bits per heavy atom. The molecule has 0 aliphatic rings. The largest absolute Gasteiger partial charge is 0.490 e. The Morgan fingerprint density at radius 2 is 1.24 bits per heavy atom. The first-order valence-corrected chi connectivity index (χ1v) is 17.3. The van der Waals surface area contributed by atoms with Gasteiger partial charge < -0.3 is 18.9 Å². The zero-order valence-corrected chi connectivity index (χ0v) is 29.7. The van der Waals surface area contributed by atoms with Crippen molar-refractivity contribution in [2.75, 3.05) is 38.4 Å². The summed E-state index contributed by atoms with van der Waals surface area (Å²) in [6.45, 7) is 9.12. The van der Waals surface area contributed by atoms with Crippen LogP contribution in [0.2, 0.25) is 0 Å². The van der Waals surface area contributed by atoms with Crippen molar-refractivity contribution in [2.24, 2.45) is 0 Å². The quantitative estimate of drug-likeness (QED) is 0.0961. The fourth-order valence-corrected chi connectivity index (χ4v) is 8.31. The Kier molecular flexibility index (Phi) is 14.9. The number of hydrogen-bond donors (Lipinski definition) is 0. The van der Waals surface area contributed by atoms with Gasteiger partial charge in [0.25, 0.3) is 0 Å². The Bertz CT molecular complexity index is 1140. The van der Waals surface area contributed by atoms with Crippen molar-refractivity contribution < 1.29 is 27.4 Å². The highest BCUT2D eigenvalue weighted by molar-refractivity contribution is 9.11. The molecule has 0 aliphatic carbocycles. The molecule has 13 heteroatoms. The Balaban J connectivity index is 2.22. The molecule has 0 aromatic heterocycles. The van der Waals surface area contributed by atoms with E-state index in [-0.39, 0.29) is 27.3 Å². The number of rotatable bonds is 16. The summed E-state index contributed by atoms with van der Waals surface area (Å²) in [5, 5.41) is 0.575. The van der Waals surface area contributed by atoms with E-state index >= 15 is 0 Å². The minimum atomic E-state index is -3.87. The van der Waals surface area contributed by atoms with E-state index in [0.717, 1.165) is 0 Å². The second kappa shape index (κ2) is 16.5. The van der Waals surface area contributed by atoms with Crippen LogP contribution in [0.4, 0.5) is 0 Å². The summed E-state index contributed by atoms with van der Waals surface area (Å²) in [6.07, 6.45) is 3.14. The van der Waals surface area contributed by atoms with E-state index in [9.17, 15) is 8.42 Å². The topological polar surface area (TPSA) is 71.1 Å². The third-order valence-corrected chi connectivity index (χ3v) is 9.86. The molecule has 0 saturated carbocycles. The minimum Gasteiger partial charge on any atom is -0.490 e. The molecule has 2 atom stereocenters. The van der Waals surface area contributed by atoms with Crippen LogP contribution < -0.4 is 9.47 Å². The van der Waals surface area contributed by atoms with Crippen molar-refractivity contribution in [3.05, 3.63) is 67.5 Å². The molecule has 2 rings (SSSR count). The van der Waals surface area contributed by atoms with Gasteiger partial charge >= 0.3 is 0 Å². The van der Waals surface area contributed by atoms with Gasteiger partial charge in [-0.05, 0) is 88.0 Å². The van der Waals surface area contributed by atoms with Gasteiger partial charge in [-0.3, -0.25) is 0 Å². The third kappa shape index (κ3) is 10.00. The second-order valence-corrected chi connectivity index (χ2v) is 14.7. The zero-order chi connectivity index (χ0) is 27.6. The molecule has 0 amide bonds. The highest BCUT2D eigenvalue weighted by atomic mass is 79.9. The van der Waals surface area contributed by atoms with E-state index in [4.69, 9.17) is 18.9 Å². The number of halogens is 6. The first-order chi connectivity index (χ1) is 17.5. The average Bonchev–Trinajstić information content (AvgIpc) is 2.84. The minimum absolute atomic E-state index is 0.0524. The third-order valence-electron chi connectivity index (χ3n) is 4.54. The summed E-state index contributed by atoms with van der Waals surface area (Å²) in [7, 11) is -3.87. The highest BCUT2D eigenvalue weighted by Crippen LogP contribution is 2.41. The van der Waals surface area contributed by atoms with Crippen molar-refractivity contribution in [2.45, 2.75) is 20.7 Å². The van der Waals surface area contributed by atoms with Crippen LogP contribution in [0.25, 0.3) is 0 Å². The van der Waals surface area contributed by atoms with Crippen LogP contribution in [0, 0.1) is 0 Å². The molecule has 0 aliphatic heterocycles. The molecule has 2 unspecified atom stereocenters. The van der Waals surface area contributed by atoms with Crippen LogP contribution >= 0.6 is 95.6 Å². The monoisotopic (exact) mass is 914 g/mol. The molecule has 2 aromatic rings. The van der Waals surface area contributed by atoms with Crippen molar-refractivity contribution in [3.8, 4) is 11.5 Å².